The minimum atomic E-state index is -0.708. The minimum Gasteiger partial charge on any atom is -0.481 e. The topological polar surface area (TPSA) is 43.8 Å². The van der Waals surface area contributed by atoms with Crippen LogP contribution in [0.1, 0.15) is 27.2 Å². The Labute approximate surface area is 91.9 Å². The summed E-state index contributed by atoms with van der Waals surface area (Å²) in [5, 5.41) is 8.87. The number of aliphatic carboxylic acids is 1. The van der Waals surface area contributed by atoms with Gasteiger partial charge in [0.05, 0.1) is 6.42 Å². The summed E-state index contributed by atoms with van der Waals surface area (Å²) >= 11 is 0. The van der Waals surface area contributed by atoms with E-state index >= 15 is 0 Å². The Morgan fingerprint density at radius 3 is 2.60 bits per heavy atom. The third-order valence-corrected chi connectivity index (χ3v) is 3.44. The van der Waals surface area contributed by atoms with Crippen molar-refractivity contribution in [2.45, 2.75) is 38.8 Å². The summed E-state index contributed by atoms with van der Waals surface area (Å²) in [5.41, 5.74) is 0.0639. The highest BCUT2D eigenvalue weighted by molar-refractivity contribution is 5.67. The average molecular weight is 214 g/mol. The molecule has 4 heteroatoms. The smallest absolute Gasteiger partial charge is 0.304 e. The summed E-state index contributed by atoms with van der Waals surface area (Å²) in [4.78, 5) is 15.3. The molecule has 1 rings (SSSR count). The molecule has 0 amide bonds. The van der Waals surface area contributed by atoms with Crippen molar-refractivity contribution in [2.24, 2.45) is 0 Å². The van der Waals surface area contributed by atoms with Gasteiger partial charge in [0.2, 0.25) is 0 Å². The molecule has 0 radical (unpaired) electrons. The average Bonchev–Trinajstić information content (AvgIpc) is 2.11. The highest BCUT2D eigenvalue weighted by Gasteiger charge is 2.37. The Hall–Kier alpha value is -0.610. The maximum absolute atomic E-state index is 10.8. The van der Waals surface area contributed by atoms with Crippen molar-refractivity contribution in [3.05, 3.63) is 0 Å². The van der Waals surface area contributed by atoms with Gasteiger partial charge in [-0.15, -0.1) is 0 Å². The van der Waals surface area contributed by atoms with E-state index < -0.39 is 5.97 Å². The van der Waals surface area contributed by atoms with Gasteiger partial charge in [0.1, 0.15) is 0 Å². The molecule has 1 aliphatic rings. The number of nitrogens with zero attached hydrogens (tertiary/aromatic N) is 2. The second kappa shape index (κ2) is 4.49. The first-order valence-corrected chi connectivity index (χ1v) is 5.54. The highest BCUT2D eigenvalue weighted by Crippen LogP contribution is 2.24. The van der Waals surface area contributed by atoms with Gasteiger partial charge in [-0.3, -0.25) is 9.69 Å². The van der Waals surface area contributed by atoms with Gasteiger partial charge in [-0.05, 0) is 27.4 Å². The number of carbonyl (C=O) groups is 1. The van der Waals surface area contributed by atoms with E-state index in [2.05, 4.69) is 30.6 Å². The van der Waals surface area contributed by atoms with Crippen LogP contribution in [0.15, 0.2) is 0 Å². The predicted octanol–water partition coefficient (Wildman–Crippen LogP) is 0.876. The van der Waals surface area contributed by atoms with Crippen molar-refractivity contribution in [1.29, 1.82) is 0 Å². The van der Waals surface area contributed by atoms with E-state index in [-0.39, 0.29) is 18.0 Å². The summed E-state index contributed by atoms with van der Waals surface area (Å²) in [6, 6.07) is 0.131. The first kappa shape index (κ1) is 12.5. The van der Waals surface area contributed by atoms with Crippen LogP contribution in [-0.4, -0.2) is 59.1 Å². The van der Waals surface area contributed by atoms with E-state index in [1.54, 1.807) is 0 Å². The third kappa shape index (κ3) is 2.92. The molecule has 1 fully saturated rings. The van der Waals surface area contributed by atoms with Crippen LogP contribution in [0.5, 0.6) is 0 Å². The lowest BCUT2D eigenvalue weighted by atomic mass is 9.94. The normalized spacial score (nSPS) is 27.9. The summed E-state index contributed by atoms with van der Waals surface area (Å²) < 4.78 is 0. The summed E-state index contributed by atoms with van der Waals surface area (Å²) in [6.45, 7) is 9.33. The molecule has 0 aromatic rings. The molecule has 1 N–H and O–H groups in total. The SMILES string of the molecule is CCN1CC(CC(=O)O)N(C)C(C)(C)C1. The highest BCUT2D eigenvalue weighted by atomic mass is 16.4. The lowest BCUT2D eigenvalue weighted by Crippen LogP contribution is -2.62. The van der Waals surface area contributed by atoms with Crippen molar-refractivity contribution in [3.63, 3.8) is 0 Å². The summed E-state index contributed by atoms with van der Waals surface area (Å²) in [5.74, 6) is -0.708. The molecule has 0 aromatic carbocycles. The zero-order valence-electron chi connectivity index (χ0n) is 10.2. The standard InChI is InChI=1S/C11H22N2O2/c1-5-13-7-9(6-10(14)15)12(4)11(2,3)8-13/h9H,5-8H2,1-4H3,(H,14,15). The van der Waals surface area contributed by atoms with Crippen LogP contribution < -0.4 is 0 Å². The molecule has 1 unspecified atom stereocenters. The molecule has 1 heterocycles. The van der Waals surface area contributed by atoms with E-state index in [4.69, 9.17) is 5.11 Å². The molecule has 4 nitrogen and oxygen atoms in total. The van der Waals surface area contributed by atoms with Crippen LogP contribution in [0.25, 0.3) is 0 Å². The molecular weight excluding hydrogens is 192 g/mol. The fourth-order valence-electron chi connectivity index (χ4n) is 2.28. The van der Waals surface area contributed by atoms with Gasteiger partial charge in [-0.25, -0.2) is 0 Å². The Kier molecular flexibility index (Phi) is 3.73. The van der Waals surface area contributed by atoms with Gasteiger partial charge < -0.3 is 10.0 Å². The molecule has 88 valence electrons. The Balaban J connectivity index is 2.73. The molecule has 15 heavy (non-hydrogen) atoms. The summed E-state index contributed by atoms with van der Waals surface area (Å²) in [7, 11) is 2.03. The van der Waals surface area contributed by atoms with Gasteiger partial charge in [-0.2, -0.15) is 0 Å². The zero-order valence-corrected chi connectivity index (χ0v) is 10.2. The molecule has 0 bridgehead atoms. The fourth-order valence-corrected chi connectivity index (χ4v) is 2.28. The fraction of sp³-hybridized carbons (Fsp3) is 0.909. The minimum absolute atomic E-state index is 0.0639. The number of piperazine rings is 1. The van der Waals surface area contributed by atoms with E-state index in [0.29, 0.717) is 0 Å². The lowest BCUT2D eigenvalue weighted by Gasteiger charge is -2.49. The second-order valence-corrected chi connectivity index (χ2v) is 5.00. The molecule has 0 saturated carbocycles. The maximum atomic E-state index is 10.8. The monoisotopic (exact) mass is 214 g/mol. The van der Waals surface area contributed by atoms with E-state index in [1.807, 2.05) is 7.05 Å². The molecular formula is C11H22N2O2. The molecule has 0 aliphatic carbocycles. The molecule has 1 aliphatic heterocycles. The lowest BCUT2D eigenvalue weighted by molar-refractivity contribution is -0.140. The van der Waals surface area contributed by atoms with Crippen molar-refractivity contribution in [1.82, 2.24) is 9.80 Å². The predicted molar refractivity (Wildman–Crippen MR) is 60.0 cm³/mol. The van der Waals surface area contributed by atoms with E-state index in [0.717, 1.165) is 19.6 Å². The van der Waals surface area contributed by atoms with Crippen molar-refractivity contribution < 1.29 is 9.90 Å². The van der Waals surface area contributed by atoms with Crippen LogP contribution in [0.3, 0.4) is 0 Å². The van der Waals surface area contributed by atoms with E-state index in [1.165, 1.54) is 0 Å². The van der Waals surface area contributed by atoms with Crippen molar-refractivity contribution >= 4 is 5.97 Å². The van der Waals surface area contributed by atoms with Crippen LogP contribution in [0.4, 0.5) is 0 Å². The number of carboxylic acid groups (broad SMARTS) is 1. The quantitative estimate of drug-likeness (QED) is 0.757. The molecule has 1 saturated heterocycles. The van der Waals surface area contributed by atoms with Crippen molar-refractivity contribution in [2.75, 3.05) is 26.7 Å². The van der Waals surface area contributed by atoms with Crippen LogP contribution in [-0.2, 0) is 4.79 Å². The third-order valence-electron chi connectivity index (χ3n) is 3.44. The maximum Gasteiger partial charge on any atom is 0.304 e. The Morgan fingerprint density at radius 2 is 2.13 bits per heavy atom. The van der Waals surface area contributed by atoms with Crippen molar-refractivity contribution in [3.8, 4) is 0 Å². The number of likely N-dealkylation sites (N-methyl/N-ethyl adjacent to an activating group) is 2. The largest absolute Gasteiger partial charge is 0.481 e. The van der Waals surface area contributed by atoms with Gasteiger partial charge in [0.15, 0.2) is 0 Å². The number of hydrogen-bond acceptors (Lipinski definition) is 3. The first-order chi connectivity index (χ1) is 6.86. The molecule has 1 atom stereocenters. The first-order valence-electron chi connectivity index (χ1n) is 5.54. The van der Waals surface area contributed by atoms with Gasteiger partial charge in [0, 0.05) is 24.7 Å². The van der Waals surface area contributed by atoms with Crippen LogP contribution >= 0.6 is 0 Å². The van der Waals surface area contributed by atoms with Crippen LogP contribution in [0.2, 0.25) is 0 Å². The Morgan fingerprint density at radius 1 is 1.53 bits per heavy atom. The number of carboxylic acids is 1. The zero-order chi connectivity index (χ0) is 11.6. The number of rotatable bonds is 3. The van der Waals surface area contributed by atoms with Crippen LogP contribution in [0, 0.1) is 0 Å². The summed E-state index contributed by atoms with van der Waals surface area (Å²) in [6.07, 6.45) is 0.233. The molecule has 0 aromatic heterocycles. The molecule has 0 spiro atoms. The second-order valence-electron chi connectivity index (χ2n) is 5.00. The van der Waals surface area contributed by atoms with E-state index in [9.17, 15) is 4.79 Å². The number of hydrogen-bond donors (Lipinski definition) is 1. The van der Waals surface area contributed by atoms with Gasteiger partial charge >= 0.3 is 5.97 Å². The Bertz CT molecular complexity index is 241. The van der Waals surface area contributed by atoms with Gasteiger partial charge in [0.25, 0.3) is 0 Å². The van der Waals surface area contributed by atoms with Gasteiger partial charge in [-0.1, -0.05) is 6.92 Å².